The highest BCUT2D eigenvalue weighted by Gasteiger charge is 2.15. The smallest absolute Gasteiger partial charge is 0.291 e. The van der Waals surface area contributed by atoms with Crippen molar-refractivity contribution in [1.29, 1.82) is 0 Å². The van der Waals surface area contributed by atoms with E-state index in [0.29, 0.717) is 38.2 Å². The Morgan fingerprint density at radius 1 is 1.17 bits per heavy atom. The molecule has 4 aromatic heterocycles. The Balaban J connectivity index is 1.49. The van der Waals surface area contributed by atoms with Gasteiger partial charge in [0, 0.05) is 23.8 Å². The minimum absolute atomic E-state index is 0.00695. The fourth-order valence-corrected chi connectivity index (χ4v) is 3.91. The molecular formula is C20H12N4O5S. The standard InChI is InChI=1S/C20H12N4O5S/c1-11-15(8-9-28-11)18-21-20-23(22-18)19(25)17(30-20)10-14-6-7-16(29-14)12-2-4-13(5-3-12)24(26)27/h2-10H,1H3. The fourth-order valence-electron chi connectivity index (χ4n) is 3.03. The van der Waals surface area contributed by atoms with Crippen molar-refractivity contribution in [1.82, 2.24) is 14.6 Å². The second kappa shape index (κ2) is 6.78. The molecule has 5 rings (SSSR count). The number of thiazole rings is 1. The van der Waals surface area contributed by atoms with Crippen LogP contribution in [-0.2, 0) is 0 Å². The van der Waals surface area contributed by atoms with Crippen molar-refractivity contribution < 1.29 is 13.8 Å². The summed E-state index contributed by atoms with van der Waals surface area (Å²) >= 11 is 1.21. The van der Waals surface area contributed by atoms with Crippen LogP contribution in [0.3, 0.4) is 0 Å². The number of aryl methyl sites for hydroxylation is 1. The number of fused-ring (bicyclic) bond motifs is 1. The molecule has 0 saturated heterocycles. The lowest BCUT2D eigenvalue weighted by molar-refractivity contribution is -0.384. The van der Waals surface area contributed by atoms with Crippen LogP contribution >= 0.6 is 11.3 Å². The molecule has 4 heterocycles. The highest BCUT2D eigenvalue weighted by Crippen LogP contribution is 2.25. The maximum Gasteiger partial charge on any atom is 0.291 e. The highest BCUT2D eigenvalue weighted by atomic mass is 32.1. The summed E-state index contributed by atoms with van der Waals surface area (Å²) in [4.78, 5) is 27.9. The molecule has 0 aliphatic rings. The third-order valence-corrected chi connectivity index (χ3v) is 5.50. The van der Waals surface area contributed by atoms with E-state index in [-0.39, 0.29) is 11.2 Å². The molecule has 0 unspecified atom stereocenters. The number of furan rings is 2. The Labute approximate surface area is 171 Å². The molecule has 0 atom stereocenters. The molecular weight excluding hydrogens is 408 g/mol. The Bertz CT molecular complexity index is 1510. The third-order valence-electron chi connectivity index (χ3n) is 4.54. The average molecular weight is 420 g/mol. The summed E-state index contributed by atoms with van der Waals surface area (Å²) in [5.74, 6) is 2.15. The second-order valence-electron chi connectivity index (χ2n) is 6.44. The van der Waals surface area contributed by atoms with Crippen LogP contribution in [0.5, 0.6) is 0 Å². The normalized spacial score (nSPS) is 12.1. The van der Waals surface area contributed by atoms with Gasteiger partial charge in [0.15, 0.2) is 5.82 Å². The van der Waals surface area contributed by atoms with Gasteiger partial charge in [-0.3, -0.25) is 14.9 Å². The fraction of sp³-hybridized carbons (Fsp3) is 0.0500. The number of nitrogens with zero attached hydrogens (tertiary/aromatic N) is 4. The predicted molar refractivity (Wildman–Crippen MR) is 109 cm³/mol. The van der Waals surface area contributed by atoms with Crippen LogP contribution in [0.1, 0.15) is 11.5 Å². The van der Waals surface area contributed by atoms with E-state index in [1.807, 2.05) is 0 Å². The van der Waals surface area contributed by atoms with Gasteiger partial charge in [0.25, 0.3) is 11.2 Å². The zero-order valence-electron chi connectivity index (χ0n) is 15.4. The minimum Gasteiger partial charge on any atom is -0.469 e. The Morgan fingerprint density at radius 3 is 2.63 bits per heavy atom. The van der Waals surface area contributed by atoms with Crippen LogP contribution in [0.2, 0.25) is 0 Å². The molecule has 0 bridgehead atoms. The van der Waals surface area contributed by atoms with Crippen LogP contribution in [0, 0.1) is 17.0 Å². The molecule has 9 nitrogen and oxygen atoms in total. The summed E-state index contributed by atoms with van der Waals surface area (Å²) in [6.45, 7) is 1.81. The molecule has 0 aliphatic carbocycles. The van der Waals surface area contributed by atoms with Crippen molar-refractivity contribution >= 4 is 28.1 Å². The number of non-ortho nitro benzene ring substituents is 1. The molecule has 0 N–H and O–H groups in total. The Morgan fingerprint density at radius 2 is 1.97 bits per heavy atom. The SMILES string of the molecule is Cc1occc1-c1nc2sc(=Cc3ccc(-c4ccc([N+](=O)[O-])cc4)o3)c(=O)n2n1. The summed E-state index contributed by atoms with van der Waals surface area (Å²) in [5, 5.41) is 15.1. The minimum atomic E-state index is -0.457. The van der Waals surface area contributed by atoms with Gasteiger partial charge in [-0.05, 0) is 37.3 Å². The van der Waals surface area contributed by atoms with E-state index >= 15 is 0 Å². The molecule has 5 aromatic rings. The van der Waals surface area contributed by atoms with Gasteiger partial charge in [0.1, 0.15) is 21.8 Å². The van der Waals surface area contributed by atoms with Crippen molar-refractivity contribution in [3.8, 4) is 22.7 Å². The molecule has 0 amide bonds. The second-order valence-corrected chi connectivity index (χ2v) is 7.45. The number of hydrogen-bond acceptors (Lipinski definition) is 8. The quantitative estimate of drug-likeness (QED) is 0.323. The van der Waals surface area contributed by atoms with Crippen LogP contribution in [0.4, 0.5) is 5.69 Å². The number of nitro groups is 1. The average Bonchev–Trinajstić information content (AvgIpc) is 3.50. The number of hydrogen-bond donors (Lipinski definition) is 0. The van der Waals surface area contributed by atoms with E-state index in [1.54, 1.807) is 49.6 Å². The van der Waals surface area contributed by atoms with E-state index in [1.165, 1.54) is 28.0 Å². The maximum atomic E-state index is 12.7. The lowest BCUT2D eigenvalue weighted by Gasteiger charge is -1.96. The van der Waals surface area contributed by atoms with Crippen molar-refractivity contribution in [2.45, 2.75) is 6.92 Å². The van der Waals surface area contributed by atoms with Crippen LogP contribution < -0.4 is 10.1 Å². The van der Waals surface area contributed by atoms with Gasteiger partial charge in [-0.1, -0.05) is 11.3 Å². The van der Waals surface area contributed by atoms with Crippen molar-refractivity contribution in [2.24, 2.45) is 0 Å². The van der Waals surface area contributed by atoms with E-state index in [4.69, 9.17) is 8.83 Å². The first kappa shape index (κ1) is 18.0. The Hall–Kier alpha value is -4.05. The predicted octanol–water partition coefficient (Wildman–Crippen LogP) is 3.44. The number of nitro benzene ring substituents is 1. The first-order chi connectivity index (χ1) is 14.5. The lowest BCUT2D eigenvalue weighted by atomic mass is 10.1. The molecule has 0 radical (unpaired) electrons. The number of rotatable bonds is 4. The van der Waals surface area contributed by atoms with Crippen LogP contribution in [0.15, 0.2) is 62.4 Å². The molecule has 0 fully saturated rings. The summed E-state index contributed by atoms with van der Waals surface area (Å²) in [5.41, 5.74) is 1.16. The summed E-state index contributed by atoms with van der Waals surface area (Å²) < 4.78 is 12.7. The molecule has 0 saturated carbocycles. The van der Waals surface area contributed by atoms with E-state index in [2.05, 4.69) is 10.1 Å². The molecule has 148 valence electrons. The largest absolute Gasteiger partial charge is 0.469 e. The van der Waals surface area contributed by atoms with Gasteiger partial charge < -0.3 is 8.83 Å². The lowest BCUT2D eigenvalue weighted by Crippen LogP contribution is -2.23. The monoisotopic (exact) mass is 420 g/mol. The van der Waals surface area contributed by atoms with Gasteiger partial charge in [-0.2, -0.15) is 9.50 Å². The zero-order chi connectivity index (χ0) is 20.8. The van der Waals surface area contributed by atoms with Gasteiger partial charge in [0.05, 0.1) is 16.7 Å². The summed E-state index contributed by atoms with van der Waals surface area (Å²) in [6, 6.07) is 11.3. The van der Waals surface area contributed by atoms with Crippen molar-refractivity contribution in [3.63, 3.8) is 0 Å². The van der Waals surface area contributed by atoms with Gasteiger partial charge >= 0.3 is 0 Å². The highest BCUT2D eigenvalue weighted by molar-refractivity contribution is 7.15. The molecule has 0 spiro atoms. The van der Waals surface area contributed by atoms with Crippen LogP contribution in [-0.4, -0.2) is 19.5 Å². The number of aromatic nitrogens is 3. The first-order valence-electron chi connectivity index (χ1n) is 8.80. The van der Waals surface area contributed by atoms with Gasteiger partial charge in [-0.25, -0.2) is 0 Å². The first-order valence-corrected chi connectivity index (χ1v) is 9.62. The van der Waals surface area contributed by atoms with Gasteiger partial charge in [0.2, 0.25) is 4.96 Å². The molecule has 1 aromatic carbocycles. The Kier molecular flexibility index (Phi) is 4.07. The summed E-state index contributed by atoms with van der Waals surface area (Å²) in [7, 11) is 0. The topological polar surface area (TPSA) is 117 Å². The molecule has 30 heavy (non-hydrogen) atoms. The van der Waals surface area contributed by atoms with E-state index in [9.17, 15) is 14.9 Å². The molecule has 0 aliphatic heterocycles. The van der Waals surface area contributed by atoms with Gasteiger partial charge in [-0.15, -0.1) is 5.10 Å². The zero-order valence-corrected chi connectivity index (χ0v) is 16.3. The van der Waals surface area contributed by atoms with E-state index in [0.717, 1.165) is 5.56 Å². The molecule has 10 heteroatoms. The van der Waals surface area contributed by atoms with Crippen molar-refractivity contribution in [2.75, 3.05) is 0 Å². The summed E-state index contributed by atoms with van der Waals surface area (Å²) in [6.07, 6.45) is 3.18. The number of benzene rings is 1. The maximum absolute atomic E-state index is 12.7. The third kappa shape index (κ3) is 2.99. The van der Waals surface area contributed by atoms with E-state index < -0.39 is 4.92 Å². The van der Waals surface area contributed by atoms with Crippen LogP contribution in [0.25, 0.3) is 33.7 Å². The van der Waals surface area contributed by atoms with Crippen molar-refractivity contribution in [3.05, 3.63) is 85.2 Å².